The second kappa shape index (κ2) is 10.6. The molecule has 0 aliphatic carbocycles. The van der Waals surface area contributed by atoms with Crippen LogP contribution in [0, 0.1) is 20.2 Å². The molecular weight excluding hydrogens is 438 g/mol. The number of thioether (sulfide) groups is 1. The molecule has 32 heavy (non-hydrogen) atoms. The van der Waals surface area contributed by atoms with E-state index in [1.54, 1.807) is 36.4 Å². The normalized spacial score (nSPS) is 10.6. The maximum atomic E-state index is 11.9. The molecule has 1 N–H and O–H groups in total. The predicted molar refractivity (Wildman–Crippen MR) is 117 cm³/mol. The monoisotopic (exact) mass is 453 g/mol. The number of carbonyl (C=O) groups excluding carboxylic acids is 1. The summed E-state index contributed by atoms with van der Waals surface area (Å²) in [7, 11) is 0. The molecule has 0 bridgehead atoms. The van der Waals surface area contributed by atoms with E-state index in [-0.39, 0.29) is 28.9 Å². The van der Waals surface area contributed by atoms with Gasteiger partial charge in [0.15, 0.2) is 0 Å². The highest BCUT2D eigenvalue weighted by Gasteiger charge is 2.07. The average molecular weight is 453 g/mol. The van der Waals surface area contributed by atoms with E-state index >= 15 is 0 Å². The second-order valence-corrected chi connectivity index (χ2v) is 7.16. The minimum Gasteiger partial charge on any atom is -0.439 e. The Morgan fingerprint density at radius 2 is 1.66 bits per heavy atom. The lowest BCUT2D eigenvalue weighted by Gasteiger charge is -2.04. The quantitative estimate of drug-likeness (QED) is 0.221. The van der Waals surface area contributed by atoms with Crippen LogP contribution in [0.4, 0.5) is 11.4 Å². The van der Waals surface area contributed by atoms with Crippen molar-refractivity contribution in [2.45, 2.75) is 4.90 Å². The number of aromatic nitrogens is 1. The minimum atomic E-state index is -0.544. The van der Waals surface area contributed by atoms with E-state index in [1.807, 2.05) is 0 Å². The third-order valence-corrected chi connectivity index (χ3v) is 4.87. The standard InChI is InChI=1S/C20H15N5O6S/c26-19(13-32-18-8-3-15(4-9-18)24(27)28)23-22-11-14-1-6-17(7-2-14)31-20-10-5-16(12-21-20)25(29)30/h1-12H,13H2,(H,23,26)/b22-11-. The highest BCUT2D eigenvalue weighted by Crippen LogP contribution is 2.22. The van der Waals surface area contributed by atoms with E-state index in [9.17, 15) is 25.0 Å². The largest absolute Gasteiger partial charge is 0.439 e. The molecule has 0 radical (unpaired) electrons. The number of non-ortho nitro benzene ring substituents is 1. The molecule has 1 heterocycles. The highest BCUT2D eigenvalue weighted by atomic mass is 32.2. The van der Waals surface area contributed by atoms with Crippen molar-refractivity contribution < 1.29 is 19.4 Å². The van der Waals surface area contributed by atoms with Crippen LogP contribution in [-0.4, -0.2) is 32.7 Å². The van der Waals surface area contributed by atoms with Gasteiger partial charge in [-0.05, 0) is 42.0 Å². The molecule has 162 valence electrons. The maximum absolute atomic E-state index is 11.9. The van der Waals surface area contributed by atoms with Gasteiger partial charge in [0, 0.05) is 29.2 Å². The van der Waals surface area contributed by atoms with Crippen LogP contribution in [-0.2, 0) is 4.79 Å². The molecule has 2 aromatic carbocycles. The average Bonchev–Trinajstić information content (AvgIpc) is 2.79. The molecule has 11 nitrogen and oxygen atoms in total. The molecule has 0 aliphatic rings. The molecule has 1 aromatic heterocycles. The number of hydrogen-bond donors (Lipinski definition) is 1. The summed E-state index contributed by atoms with van der Waals surface area (Å²) in [6.45, 7) is 0. The van der Waals surface area contributed by atoms with Gasteiger partial charge in [-0.2, -0.15) is 5.10 Å². The van der Waals surface area contributed by atoms with Crippen molar-refractivity contribution in [2.24, 2.45) is 5.10 Å². The number of hydrazone groups is 1. The molecule has 0 saturated carbocycles. The third-order valence-electron chi connectivity index (χ3n) is 3.85. The van der Waals surface area contributed by atoms with Crippen molar-refractivity contribution in [3.05, 3.63) is 92.7 Å². The highest BCUT2D eigenvalue weighted by molar-refractivity contribution is 8.00. The van der Waals surface area contributed by atoms with Crippen LogP contribution in [0.2, 0.25) is 0 Å². The molecule has 1 amide bonds. The molecule has 0 spiro atoms. The van der Waals surface area contributed by atoms with Gasteiger partial charge in [-0.3, -0.25) is 25.0 Å². The second-order valence-electron chi connectivity index (χ2n) is 6.12. The van der Waals surface area contributed by atoms with Gasteiger partial charge < -0.3 is 4.74 Å². The lowest BCUT2D eigenvalue weighted by molar-refractivity contribution is -0.385. The topological polar surface area (TPSA) is 150 Å². The fraction of sp³-hybridized carbons (Fsp3) is 0.0500. The van der Waals surface area contributed by atoms with Crippen LogP contribution in [0.25, 0.3) is 0 Å². The number of nitro groups is 2. The Balaban J connectivity index is 1.45. The number of benzene rings is 2. The first kappa shape index (κ1) is 22.4. The molecule has 0 saturated heterocycles. The zero-order valence-electron chi connectivity index (χ0n) is 16.3. The van der Waals surface area contributed by atoms with E-state index in [4.69, 9.17) is 4.74 Å². The van der Waals surface area contributed by atoms with Crippen molar-refractivity contribution in [2.75, 3.05) is 5.75 Å². The molecular formula is C20H15N5O6S. The summed E-state index contributed by atoms with van der Waals surface area (Å²) in [4.78, 5) is 36.7. The molecule has 0 fully saturated rings. The zero-order valence-corrected chi connectivity index (χ0v) is 17.1. The SMILES string of the molecule is O=C(CSc1ccc([N+](=O)[O-])cc1)N/N=C\c1ccc(Oc2ccc([N+](=O)[O-])cn2)cc1. The van der Waals surface area contributed by atoms with E-state index < -0.39 is 9.85 Å². The third kappa shape index (κ3) is 6.60. The molecule has 0 aliphatic heterocycles. The Kier molecular flexibility index (Phi) is 7.43. The Bertz CT molecular complexity index is 1130. The first-order chi connectivity index (χ1) is 15.4. The van der Waals surface area contributed by atoms with E-state index in [0.717, 1.165) is 11.1 Å². The van der Waals surface area contributed by atoms with Crippen LogP contribution in [0.15, 0.2) is 76.9 Å². The molecule has 3 rings (SSSR count). The Labute approximate surface area is 185 Å². The van der Waals surface area contributed by atoms with Gasteiger partial charge in [-0.25, -0.2) is 10.4 Å². The Morgan fingerprint density at radius 1 is 1.00 bits per heavy atom. The summed E-state index contributed by atoms with van der Waals surface area (Å²) in [6, 6.07) is 15.4. The Hall–Kier alpha value is -4.32. The number of amides is 1. The van der Waals surface area contributed by atoms with Gasteiger partial charge in [-0.15, -0.1) is 11.8 Å². The van der Waals surface area contributed by atoms with Crippen LogP contribution >= 0.6 is 11.8 Å². The summed E-state index contributed by atoms with van der Waals surface area (Å²) in [5.41, 5.74) is 2.97. The molecule has 12 heteroatoms. The number of nitro benzene ring substituents is 1. The van der Waals surface area contributed by atoms with Crippen molar-refractivity contribution in [3.63, 3.8) is 0 Å². The number of nitrogens with one attached hydrogen (secondary N) is 1. The zero-order chi connectivity index (χ0) is 22.9. The van der Waals surface area contributed by atoms with Gasteiger partial charge in [0.2, 0.25) is 11.8 Å². The van der Waals surface area contributed by atoms with Crippen LogP contribution < -0.4 is 10.2 Å². The number of carbonyl (C=O) groups is 1. The van der Waals surface area contributed by atoms with E-state index in [1.165, 1.54) is 42.2 Å². The number of hydrogen-bond acceptors (Lipinski definition) is 9. The fourth-order valence-electron chi connectivity index (χ4n) is 2.31. The smallest absolute Gasteiger partial charge is 0.287 e. The first-order valence-corrected chi connectivity index (χ1v) is 9.97. The summed E-state index contributed by atoms with van der Waals surface area (Å²) in [5, 5.41) is 25.2. The van der Waals surface area contributed by atoms with Gasteiger partial charge in [0.25, 0.3) is 11.4 Å². The van der Waals surface area contributed by atoms with Crippen molar-refractivity contribution in [3.8, 4) is 11.6 Å². The van der Waals surface area contributed by atoms with Crippen molar-refractivity contribution in [1.82, 2.24) is 10.4 Å². The summed E-state index contributed by atoms with van der Waals surface area (Å²) < 4.78 is 5.52. The molecule has 3 aromatic rings. The van der Waals surface area contributed by atoms with E-state index in [0.29, 0.717) is 11.3 Å². The van der Waals surface area contributed by atoms with Gasteiger partial charge >= 0.3 is 0 Å². The van der Waals surface area contributed by atoms with Gasteiger partial charge in [0.1, 0.15) is 11.9 Å². The molecule has 0 unspecified atom stereocenters. The molecule has 0 atom stereocenters. The maximum Gasteiger partial charge on any atom is 0.287 e. The fourth-order valence-corrected chi connectivity index (χ4v) is 3.00. The van der Waals surface area contributed by atoms with Crippen LogP contribution in [0.3, 0.4) is 0 Å². The van der Waals surface area contributed by atoms with Gasteiger partial charge in [-0.1, -0.05) is 0 Å². The number of ether oxygens (including phenoxy) is 1. The summed E-state index contributed by atoms with van der Waals surface area (Å²) in [5.74, 6) is 0.472. The summed E-state index contributed by atoms with van der Waals surface area (Å²) in [6.07, 6.45) is 2.57. The Morgan fingerprint density at radius 3 is 2.25 bits per heavy atom. The first-order valence-electron chi connectivity index (χ1n) is 8.98. The van der Waals surface area contributed by atoms with Crippen molar-refractivity contribution >= 4 is 35.3 Å². The lowest BCUT2D eigenvalue weighted by atomic mass is 10.2. The van der Waals surface area contributed by atoms with Gasteiger partial charge in [0.05, 0.1) is 21.8 Å². The lowest BCUT2D eigenvalue weighted by Crippen LogP contribution is -2.19. The van der Waals surface area contributed by atoms with Crippen LogP contribution in [0.1, 0.15) is 5.56 Å². The number of pyridine rings is 1. The minimum absolute atomic E-state index is 0.0103. The predicted octanol–water partition coefficient (Wildman–Crippen LogP) is 3.93. The number of rotatable bonds is 9. The van der Waals surface area contributed by atoms with Crippen molar-refractivity contribution in [1.29, 1.82) is 0 Å². The summed E-state index contributed by atoms with van der Waals surface area (Å²) >= 11 is 1.23. The number of nitrogens with zero attached hydrogens (tertiary/aromatic N) is 4. The van der Waals surface area contributed by atoms with Crippen LogP contribution in [0.5, 0.6) is 11.6 Å². The van der Waals surface area contributed by atoms with E-state index in [2.05, 4.69) is 15.5 Å².